The Morgan fingerprint density at radius 3 is 1.77 bits per heavy atom. The number of hydrogen-bond acceptors (Lipinski definition) is 2. The standard InChI is InChI=1S/C19H22O2Si/c1-2-3-10-15-22(20-16-18-11-6-4-7-12-18)21-17-19-13-8-5-9-14-19/h3-15H,2,16-17H2,1H3. The van der Waals surface area contributed by atoms with Gasteiger partial charge < -0.3 is 8.85 Å². The van der Waals surface area contributed by atoms with E-state index in [1.165, 1.54) is 11.1 Å². The van der Waals surface area contributed by atoms with Gasteiger partial charge in [-0.15, -0.1) is 0 Å². The molecule has 3 heteroatoms. The highest BCUT2D eigenvalue weighted by atomic mass is 28.3. The van der Waals surface area contributed by atoms with Crippen LogP contribution in [0.4, 0.5) is 0 Å². The first-order chi connectivity index (χ1) is 10.9. The molecule has 0 bridgehead atoms. The van der Waals surface area contributed by atoms with Crippen LogP contribution >= 0.6 is 0 Å². The second kappa shape index (κ2) is 9.74. The van der Waals surface area contributed by atoms with Crippen molar-refractivity contribution in [1.82, 2.24) is 0 Å². The van der Waals surface area contributed by atoms with Crippen LogP contribution in [-0.2, 0) is 22.1 Å². The Kier molecular flexibility index (Phi) is 7.19. The number of benzene rings is 2. The summed E-state index contributed by atoms with van der Waals surface area (Å²) in [5.41, 5.74) is 4.39. The molecule has 0 saturated carbocycles. The Morgan fingerprint density at radius 2 is 1.32 bits per heavy atom. The predicted molar refractivity (Wildman–Crippen MR) is 93.7 cm³/mol. The molecule has 0 heterocycles. The fraction of sp³-hybridized carbons (Fsp3) is 0.211. The molecule has 2 aromatic rings. The van der Waals surface area contributed by atoms with E-state index in [4.69, 9.17) is 8.85 Å². The Balaban J connectivity index is 1.93. The van der Waals surface area contributed by atoms with Gasteiger partial charge in [-0.05, 0) is 23.2 Å². The Morgan fingerprint density at radius 1 is 0.818 bits per heavy atom. The fourth-order valence-corrected chi connectivity index (χ4v) is 3.06. The molecule has 0 amide bonds. The van der Waals surface area contributed by atoms with Crippen LogP contribution in [0.25, 0.3) is 0 Å². The molecule has 0 unspecified atom stereocenters. The van der Waals surface area contributed by atoms with Crippen molar-refractivity contribution in [2.24, 2.45) is 0 Å². The van der Waals surface area contributed by atoms with Gasteiger partial charge in [0.1, 0.15) is 0 Å². The maximum absolute atomic E-state index is 5.97. The van der Waals surface area contributed by atoms with E-state index in [9.17, 15) is 0 Å². The summed E-state index contributed by atoms with van der Waals surface area (Å²) in [4.78, 5) is 0. The van der Waals surface area contributed by atoms with E-state index >= 15 is 0 Å². The monoisotopic (exact) mass is 310 g/mol. The summed E-state index contributed by atoms with van der Waals surface area (Å²) in [6, 6.07) is 20.4. The van der Waals surface area contributed by atoms with E-state index in [1.54, 1.807) is 0 Å². The van der Waals surface area contributed by atoms with Gasteiger partial charge in [0.05, 0.1) is 13.2 Å². The molecule has 2 rings (SSSR count). The molecule has 2 nitrogen and oxygen atoms in total. The van der Waals surface area contributed by atoms with Crippen molar-refractivity contribution in [3.63, 3.8) is 0 Å². The lowest BCUT2D eigenvalue weighted by Crippen LogP contribution is -2.16. The van der Waals surface area contributed by atoms with Crippen LogP contribution in [0.3, 0.4) is 0 Å². The number of rotatable bonds is 8. The third-order valence-electron chi connectivity index (χ3n) is 3.05. The molecule has 22 heavy (non-hydrogen) atoms. The highest BCUT2D eigenvalue weighted by molar-refractivity contribution is 6.56. The summed E-state index contributed by atoms with van der Waals surface area (Å²) in [6.07, 6.45) is 5.18. The van der Waals surface area contributed by atoms with Gasteiger partial charge in [-0.25, -0.2) is 0 Å². The molecule has 0 aromatic heterocycles. The first-order valence-electron chi connectivity index (χ1n) is 7.58. The van der Waals surface area contributed by atoms with E-state index in [-0.39, 0.29) is 0 Å². The molecule has 0 N–H and O–H groups in total. The van der Waals surface area contributed by atoms with Crippen LogP contribution in [-0.4, -0.2) is 14.6 Å². The van der Waals surface area contributed by atoms with Crippen LogP contribution in [0.5, 0.6) is 0 Å². The molecule has 0 saturated heterocycles. The van der Waals surface area contributed by atoms with Gasteiger partial charge in [0.15, 0.2) is 0 Å². The summed E-state index contributed by atoms with van der Waals surface area (Å²) in [5.74, 6) is 0. The second-order valence-electron chi connectivity index (χ2n) is 4.87. The maximum atomic E-state index is 5.97. The summed E-state index contributed by atoms with van der Waals surface area (Å²) < 4.78 is 11.9. The second-order valence-corrected chi connectivity index (χ2v) is 6.42. The fourth-order valence-electron chi connectivity index (χ4n) is 1.88. The van der Waals surface area contributed by atoms with Gasteiger partial charge in [-0.2, -0.15) is 0 Å². The van der Waals surface area contributed by atoms with Crippen LogP contribution in [0.15, 0.2) is 72.8 Å². The molecular weight excluding hydrogens is 288 g/mol. The van der Waals surface area contributed by atoms with Gasteiger partial charge in [0.25, 0.3) is 0 Å². The average molecular weight is 310 g/mol. The van der Waals surface area contributed by atoms with Crippen molar-refractivity contribution in [3.8, 4) is 0 Å². The van der Waals surface area contributed by atoms with E-state index in [1.807, 2.05) is 42.5 Å². The minimum Gasteiger partial charge on any atom is -0.519 e. The average Bonchev–Trinajstić information content (AvgIpc) is 2.59. The largest absolute Gasteiger partial charge is 0.519 e. The topological polar surface area (TPSA) is 18.5 Å². The molecule has 2 aromatic carbocycles. The third-order valence-corrected chi connectivity index (χ3v) is 4.37. The molecule has 0 aliphatic rings. The maximum Gasteiger partial charge on any atom is 0.480 e. The van der Waals surface area contributed by atoms with Crippen LogP contribution in [0.2, 0.25) is 0 Å². The summed E-state index contributed by atoms with van der Waals surface area (Å²) >= 11 is 0. The zero-order valence-electron chi connectivity index (χ0n) is 12.9. The van der Waals surface area contributed by atoms with Gasteiger partial charge in [0, 0.05) is 0 Å². The third kappa shape index (κ3) is 6.10. The van der Waals surface area contributed by atoms with Crippen LogP contribution in [0, 0.1) is 0 Å². The van der Waals surface area contributed by atoms with E-state index in [0.29, 0.717) is 13.2 Å². The molecule has 114 valence electrons. The van der Waals surface area contributed by atoms with E-state index < -0.39 is 8.90 Å². The van der Waals surface area contributed by atoms with Crippen molar-refractivity contribution < 1.29 is 8.85 Å². The first kappa shape index (κ1) is 16.2. The highest BCUT2D eigenvalue weighted by Gasteiger charge is 2.04. The smallest absolute Gasteiger partial charge is 0.480 e. The quantitative estimate of drug-likeness (QED) is 0.678. The molecule has 0 radical (unpaired) electrons. The minimum atomic E-state index is -1.42. The van der Waals surface area contributed by atoms with Crippen molar-refractivity contribution in [1.29, 1.82) is 0 Å². The molecular formula is C19H22O2Si. The van der Waals surface area contributed by atoms with Gasteiger partial charge in [0.2, 0.25) is 0 Å². The van der Waals surface area contributed by atoms with Crippen molar-refractivity contribution in [2.45, 2.75) is 26.6 Å². The zero-order valence-corrected chi connectivity index (χ0v) is 13.9. The van der Waals surface area contributed by atoms with E-state index in [2.05, 4.69) is 42.9 Å². The van der Waals surface area contributed by atoms with Crippen molar-refractivity contribution in [3.05, 3.63) is 83.9 Å². The predicted octanol–water partition coefficient (Wildman–Crippen LogP) is 4.26. The molecule has 0 atom stereocenters. The molecule has 0 fully saturated rings. The summed E-state index contributed by atoms with van der Waals surface area (Å²) in [7, 11) is -1.42. The summed E-state index contributed by atoms with van der Waals surface area (Å²) in [6.45, 7) is 3.28. The molecule has 0 aliphatic carbocycles. The lowest BCUT2D eigenvalue weighted by molar-refractivity contribution is 0.202. The SMILES string of the molecule is CCC=CC=[Si](OCc1ccccc1)OCc1ccccc1. The number of allylic oxidation sites excluding steroid dienone is 2. The lowest BCUT2D eigenvalue weighted by atomic mass is 10.2. The van der Waals surface area contributed by atoms with Gasteiger partial charge in [-0.1, -0.05) is 79.7 Å². The molecule has 0 aliphatic heterocycles. The highest BCUT2D eigenvalue weighted by Crippen LogP contribution is 2.03. The number of hydrogen-bond donors (Lipinski definition) is 0. The Labute approximate surface area is 134 Å². The normalized spacial score (nSPS) is 10.4. The lowest BCUT2D eigenvalue weighted by Gasteiger charge is -2.11. The van der Waals surface area contributed by atoms with Gasteiger partial charge >= 0.3 is 8.90 Å². The minimum absolute atomic E-state index is 0.584. The van der Waals surface area contributed by atoms with Crippen molar-refractivity contribution >= 4 is 14.6 Å². The Hall–Kier alpha value is -2.13. The van der Waals surface area contributed by atoms with Crippen LogP contribution < -0.4 is 0 Å². The molecule has 0 spiro atoms. The Bertz CT molecular complexity index is 546. The first-order valence-corrected chi connectivity index (χ1v) is 8.98. The summed E-state index contributed by atoms with van der Waals surface area (Å²) in [5, 5.41) is 0. The van der Waals surface area contributed by atoms with Crippen LogP contribution in [0.1, 0.15) is 24.5 Å². The van der Waals surface area contributed by atoms with Gasteiger partial charge in [-0.3, -0.25) is 0 Å². The zero-order chi connectivity index (χ0) is 15.5. The van der Waals surface area contributed by atoms with Crippen molar-refractivity contribution in [2.75, 3.05) is 0 Å². The van der Waals surface area contributed by atoms with E-state index in [0.717, 1.165) is 6.42 Å².